The SMILES string of the molecule is CC1CCC(NCC2(CC(N)=NO)CC2)C1C. The van der Waals surface area contributed by atoms with Gasteiger partial charge < -0.3 is 16.3 Å². The molecule has 2 rings (SSSR count). The van der Waals surface area contributed by atoms with Crippen molar-refractivity contribution < 1.29 is 5.21 Å². The van der Waals surface area contributed by atoms with Gasteiger partial charge in [-0.1, -0.05) is 19.0 Å². The molecule has 0 aromatic heterocycles. The second-order valence-electron chi connectivity index (χ2n) is 6.17. The third-order valence-electron chi connectivity index (χ3n) is 4.85. The van der Waals surface area contributed by atoms with Gasteiger partial charge in [0.1, 0.15) is 5.84 Å². The van der Waals surface area contributed by atoms with Crippen molar-refractivity contribution in [1.82, 2.24) is 5.32 Å². The van der Waals surface area contributed by atoms with Crippen LogP contribution in [0.5, 0.6) is 0 Å². The highest BCUT2D eigenvalue weighted by Crippen LogP contribution is 2.48. The molecule has 3 unspecified atom stereocenters. The van der Waals surface area contributed by atoms with Gasteiger partial charge >= 0.3 is 0 Å². The third kappa shape index (κ3) is 2.92. The Morgan fingerprint density at radius 2 is 2.12 bits per heavy atom. The van der Waals surface area contributed by atoms with E-state index in [1.54, 1.807) is 0 Å². The maximum atomic E-state index is 8.62. The molecule has 4 nitrogen and oxygen atoms in total. The molecule has 0 radical (unpaired) electrons. The molecule has 4 N–H and O–H groups in total. The molecule has 0 aromatic rings. The molecular formula is C13H25N3O. The molecule has 0 amide bonds. The minimum absolute atomic E-state index is 0.280. The number of nitrogens with zero attached hydrogens (tertiary/aromatic N) is 1. The summed E-state index contributed by atoms with van der Waals surface area (Å²) in [5.74, 6) is 1.98. The van der Waals surface area contributed by atoms with Crippen LogP contribution in [0.25, 0.3) is 0 Å². The van der Waals surface area contributed by atoms with Crippen LogP contribution in [0.3, 0.4) is 0 Å². The minimum atomic E-state index is 0.280. The molecule has 3 atom stereocenters. The van der Waals surface area contributed by atoms with E-state index in [0.717, 1.165) is 24.8 Å². The predicted molar refractivity (Wildman–Crippen MR) is 69.0 cm³/mol. The first-order valence-electron chi connectivity index (χ1n) is 6.76. The van der Waals surface area contributed by atoms with E-state index in [1.807, 2.05) is 0 Å². The summed E-state index contributed by atoms with van der Waals surface area (Å²) in [6, 6.07) is 0.662. The third-order valence-corrected chi connectivity index (χ3v) is 4.85. The molecule has 2 fully saturated rings. The molecule has 0 bridgehead atoms. The molecule has 4 heteroatoms. The minimum Gasteiger partial charge on any atom is -0.409 e. The van der Waals surface area contributed by atoms with Gasteiger partial charge in [-0.15, -0.1) is 0 Å². The summed E-state index contributed by atoms with van der Waals surface area (Å²) in [6.45, 7) is 5.71. The van der Waals surface area contributed by atoms with Crippen molar-refractivity contribution >= 4 is 5.84 Å². The van der Waals surface area contributed by atoms with E-state index in [2.05, 4.69) is 24.3 Å². The summed E-state index contributed by atoms with van der Waals surface area (Å²) < 4.78 is 0. The summed E-state index contributed by atoms with van der Waals surface area (Å²) in [6.07, 6.45) is 5.76. The monoisotopic (exact) mass is 239 g/mol. The maximum Gasteiger partial charge on any atom is 0.139 e. The van der Waals surface area contributed by atoms with E-state index in [-0.39, 0.29) is 5.41 Å². The number of oxime groups is 1. The van der Waals surface area contributed by atoms with E-state index >= 15 is 0 Å². The van der Waals surface area contributed by atoms with E-state index < -0.39 is 0 Å². The number of amidine groups is 1. The van der Waals surface area contributed by atoms with Gasteiger partial charge in [-0.25, -0.2) is 0 Å². The number of hydrogen-bond acceptors (Lipinski definition) is 3. The van der Waals surface area contributed by atoms with E-state index in [0.29, 0.717) is 11.9 Å². The Kier molecular flexibility index (Phi) is 3.61. The Morgan fingerprint density at radius 3 is 2.59 bits per heavy atom. The maximum absolute atomic E-state index is 8.62. The number of nitrogens with one attached hydrogen (secondary N) is 1. The Hall–Kier alpha value is -0.770. The van der Waals surface area contributed by atoms with Crippen LogP contribution in [-0.4, -0.2) is 23.6 Å². The highest BCUT2D eigenvalue weighted by molar-refractivity contribution is 5.80. The first-order valence-corrected chi connectivity index (χ1v) is 6.76. The Bertz CT molecular complexity index is 299. The number of rotatable bonds is 5. The quantitative estimate of drug-likeness (QED) is 0.297. The van der Waals surface area contributed by atoms with Crippen molar-refractivity contribution in [1.29, 1.82) is 0 Å². The molecule has 98 valence electrons. The normalized spacial score (nSPS) is 36.1. The highest BCUT2D eigenvalue weighted by Gasteiger charge is 2.44. The topological polar surface area (TPSA) is 70.6 Å². The highest BCUT2D eigenvalue weighted by atomic mass is 16.4. The number of hydrogen-bond donors (Lipinski definition) is 3. The second kappa shape index (κ2) is 4.84. The Balaban J connectivity index is 1.78. The fraction of sp³-hybridized carbons (Fsp3) is 0.923. The summed E-state index contributed by atoms with van der Waals surface area (Å²) >= 11 is 0. The number of nitrogens with two attached hydrogens (primary N) is 1. The lowest BCUT2D eigenvalue weighted by Gasteiger charge is -2.23. The van der Waals surface area contributed by atoms with Crippen LogP contribution in [0.15, 0.2) is 5.16 Å². The van der Waals surface area contributed by atoms with Crippen molar-refractivity contribution in [3.05, 3.63) is 0 Å². The Morgan fingerprint density at radius 1 is 1.41 bits per heavy atom. The van der Waals surface area contributed by atoms with Crippen LogP contribution < -0.4 is 11.1 Å². The van der Waals surface area contributed by atoms with Crippen LogP contribution in [0.2, 0.25) is 0 Å². The van der Waals surface area contributed by atoms with Gasteiger partial charge in [-0.3, -0.25) is 0 Å². The van der Waals surface area contributed by atoms with Crippen LogP contribution in [0.1, 0.15) is 46.0 Å². The summed E-state index contributed by atoms with van der Waals surface area (Å²) in [4.78, 5) is 0. The van der Waals surface area contributed by atoms with Crippen LogP contribution in [0, 0.1) is 17.3 Å². The van der Waals surface area contributed by atoms with Gasteiger partial charge in [0.25, 0.3) is 0 Å². The predicted octanol–water partition coefficient (Wildman–Crippen LogP) is 1.93. The van der Waals surface area contributed by atoms with Crippen molar-refractivity contribution in [3.8, 4) is 0 Å². The van der Waals surface area contributed by atoms with Gasteiger partial charge in [-0.2, -0.15) is 0 Å². The second-order valence-corrected chi connectivity index (χ2v) is 6.17. The largest absolute Gasteiger partial charge is 0.409 e. The lowest BCUT2D eigenvalue weighted by Crippen LogP contribution is -2.37. The fourth-order valence-corrected chi connectivity index (χ4v) is 3.01. The molecule has 2 saturated carbocycles. The van der Waals surface area contributed by atoms with Gasteiger partial charge in [0.2, 0.25) is 0 Å². The molecule has 17 heavy (non-hydrogen) atoms. The molecular weight excluding hydrogens is 214 g/mol. The van der Waals surface area contributed by atoms with Gasteiger partial charge in [0.15, 0.2) is 0 Å². The molecule has 0 spiro atoms. The molecule has 0 aromatic carbocycles. The molecule has 0 saturated heterocycles. The average molecular weight is 239 g/mol. The first kappa shape index (κ1) is 12.7. The fourth-order valence-electron chi connectivity index (χ4n) is 3.01. The zero-order valence-corrected chi connectivity index (χ0v) is 10.9. The smallest absolute Gasteiger partial charge is 0.139 e. The standard InChI is InChI=1S/C13H25N3O/c1-9-3-4-11(10(9)2)15-8-13(5-6-13)7-12(14)16-17/h9-11,15,17H,3-8H2,1-2H3,(H2,14,16). The van der Waals surface area contributed by atoms with Crippen LogP contribution in [0.4, 0.5) is 0 Å². The molecule has 0 heterocycles. The van der Waals surface area contributed by atoms with E-state index in [1.165, 1.54) is 25.7 Å². The summed E-state index contributed by atoms with van der Waals surface area (Å²) in [5.41, 5.74) is 5.88. The van der Waals surface area contributed by atoms with Gasteiger partial charge in [-0.05, 0) is 42.9 Å². The lowest BCUT2D eigenvalue weighted by atomic mass is 9.96. The molecule has 2 aliphatic carbocycles. The van der Waals surface area contributed by atoms with Crippen molar-refractivity contribution in [2.24, 2.45) is 28.1 Å². The van der Waals surface area contributed by atoms with Gasteiger partial charge in [0, 0.05) is 19.0 Å². The summed E-state index contributed by atoms with van der Waals surface area (Å²) in [7, 11) is 0. The first-order chi connectivity index (χ1) is 8.06. The van der Waals surface area contributed by atoms with E-state index in [4.69, 9.17) is 10.9 Å². The Labute approximate surface area is 104 Å². The average Bonchev–Trinajstić information content (AvgIpc) is 3.00. The molecule has 0 aliphatic heterocycles. The molecule has 2 aliphatic rings. The lowest BCUT2D eigenvalue weighted by molar-refractivity contribution is 0.311. The van der Waals surface area contributed by atoms with Crippen LogP contribution in [-0.2, 0) is 0 Å². The summed E-state index contributed by atoms with van der Waals surface area (Å²) in [5, 5.41) is 15.4. The zero-order chi connectivity index (χ0) is 12.5. The van der Waals surface area contributed by atoms with Gasteiger partial charge in [0.05, 0.1) is 0 Å². The van der Waals surface area contributed by atoms with Crippen molar-refractivity contribution in [3.63, 3.8) is 0 Å². The van der Waals surface area contributed by atoms with Crippen LogP contribution >= 0.6 is 0 Å². The van der Waals surface area contributed by atoms with E-state index in [9.17, 15) is 0 Å². The van der Waals surface area contributed by atoms with Crippen molar-refractivity contribution in [2.75, 3.05) is 6.54 Å². The van der Waals surface area contributed by atoms with Crippen molar-refractivity contribution in [2.45, 2.75) is 52.0 Å². The zero-order valence-electron chi connectivity index (χ0n) is 10.9.